The van der Waals surface area contributed by atoms with Crippen LogP contribution in [0, 0.1) is 6.92 Å². The molecule has 2 aromatic heterocycles. The van der Waals surface area contributed by atoms with Crippen molar-refractivity contribution in [2.75, 3.05) is 6.61 Å². The molecule has 1 aliphatic heterocycles. The van der Waals surface area contributed by atoms with Gasteiger partial charge in [-0.3, -0.25) is 0 Å². The fourth-order valence-corrected chi connectivity index (χ4v) is 3.94. The van der Waals surface area contributed by atoms with Crippen molar-refractivity contribution < 1.29 is 19.4 Å². The number of aryl methyl sites for hydroxylation is 2. The number of aromatic nitrogens is 2. The Morgan fingerprint density at radius 3 is 2.83 bits per heavy atom. The maximum Gasteiger partial charge on any atom is 0.337 e. The average Bonchev–Trinajstić information content (AvgIpc) is 3.12. The van der Waals surface area contributed by atoms with Crippen molar-refractivity contribution >= 4 is 17.0 Å². The SMILES string of the molecule is Cc1nc2[nH]ccc2c(-c2ccc3c(c2)CCCO3)c1[C@H](OC(C)(C)C)C(=O)O. The first-order chi connectivity index (χ1) is 13.7. The molecule has 6 nitrogen and oxygen atoms in total. The smallest absolute Gasteiger partial charge is 0.337 e. The molecule has 2 N–H and O–H groups in total. The first-order valence-electron chi connectivity index (χ1n) is 9.89. The number of rotatable bonds is 4. The fourth-order valence-electron chi connectivity index (χ4n) is 3.94. The number of hydrogen-bond acceptors (Lipinski definition) is 4. The van der Waals surface area contributed by atoms with E-state index in [1.807, 2.05) is 52.1 Å². The highest BCUT2D eigenvalue weighted by Gasteiger charge is 2.32. The molecule has 0 fully saturated rings. The minimum absolute atomic E-state index is 0.594. The Bertz CT molecular complexity index is 1080. The minimum Gasteiger partial charge on any atom is -0.493 e. The summed E-state index contributed by atoms with van der Waals surface area (Å²) in [5.74, 6) is -0.124. The van der Waals surface area contributed by atoms with Gasteiger partial charge in [-0.15, -0.1) is 0 Å². The third-order valence-electron chi connectivity index (χ3n) is 5.09. The molecule has 4 rings (SSSR count). The number of aromatic amines is 1. The highest BCUT2D eigenvalue weighted by atomic mass is 16.5. The van der Waals surface area contributed by atoms with E-state index in [1.165, 1.54) is 0 Å². The monoisotopic (exact) mass is 394 g/mol. The van der Waals surface area contributed by atoms with E-state index in [1.54, 1.807) is 0 Å². The zero-order valence-corrected chi connectivity index (χ0v) is 17.2. The van der Waals surface area contributed by atoms with Crippen molar-refractivity contribution in [3.63, 3.8) is 0 Å². The molecule has 0 aliphatic carbocycles. The number of benzene rings is 1. The summed E-state index contributed by atoms with van der Waals surface area (Å²) in [5.41, 5.74) is 4.28. The zero-order chi connectivity index (χ0) is 20.8. The van der Waals surface area contributed by atoms with Crippen LogP contribution in [0.5, 0.6) is 5.75 Å². The van der Waals surface area contributed by atoms with Gasteiger partial charge in [0.25, 0.3) is 0 Å². The lowest BCUT2D eigenvalue weighted by molar-refractivity contribution is -0.160. The number of nitrogens with one attached hydrogen (secondary N) is 1. The average molecular weight is 394 g/mol. The number of carboxylic acids is 1. The number of H-pyrrole nitrogens is 1. The summed E-state index contributed by atoms with van der Waals surface area (Å²) < 4.78 is 11.7. The van der Waals surface area contributed by atoms with E-state index >= 15 is 0 Å². The van der Waals surface area contributed by atoms with Crippen molar-refractivity contribution in [2.24, 2.45) is 0 Å². The van der Waals surface area contributed by atoms with Crippen LogP contribution >= 0.6 is 0 Å². The number of nitrogens with zero attached hydrogens (tertiary/aromatic N) is 1. The van der Waals surface area contributed by atoms with Gasteiger partial charge in [-0.25, -0.2) is 9.78 Å². The van der Waals surface area contributed by atoms with E-state index in [2.05, 4.69) is 16.0 Å². The molecule has 6 heteroatoms. The predicted octanol–water partition coefficient (Wildman–Crippen LogP) is 4.80. The van der Waals surface area contributed by atoms with Crippen LogP contribution in [0.1, 0.15) is 50.1 Å². The highest BCUT2D eigenvalue weighted by molar-refractivity contribution is 5.97. The summed E-state index contributed by atoms with van der Waals surface area (Å²) in [5, 5.41) is 10.9. The van der Waals surface area contributed by atoms with Crippen molar-refractivity contribution in [3.05, 3.63) is 47.3 Å². The van der Waals surface area contributed by atoms with Gasteiger partial charge in [0.15, 0.2) is 6.10 Å². The molecule has 1 aromatic carbocycles. The second-order valence-corrected chi connectivity index (χ2v) is 8.45. The predicted molar refractivity (Wildman–Crippen MR) is 111 cm³/mol. The van der Waals surface area contributed by atoms with E-state index in [-0.39, 0.29) is 0 Å². The fraction of sp³-hybridized carbons (Fsp3) is 0.391. The van der Waals surface area contributed by atoms with Gasteiger partial charge in [-0.05, 0) is 69.9 Å². The second kappa shape index (κ2) is 7.19. The molecule has 0 bridgehead atoms. The first-order valence-corrected chi connectivity index (χ1v) is 9.89. The molecular formula is C23H26N2O4. The molecule has 0 radical (unpaired) electrons. The van der Waals surface area contributed by atoms with Crippen molar-refractivity contribution in [1.29, 1.82) is 0 Å². The van der Waals surface area contributed by atoms with Gasteiger partial charge in [0, 0.05) is 28.4 Å². The Morgan fingerprint density at radius 2 is 2.10 bits per heavy atom. The Kier molecular flexibility index (Phi) is 4.82. The van der Waals surface area contributed by atoms with Gasteiger partial charge in [0.05, 0.1) is 12.2 Å². The number of fused-ring (bicyclic) bond motifs is 2. The summed E-state index contributed by atoms with van der Waals surface area (Å²) >= 11 is 0. The molecule has 1 aliphatic rings. The summed E-state index contributed by atoms with van der Waals surface area (Å²) in [6, 6.07) is 8.01. The third kappa shape index (κ3) is 3.72. The number of hydrogen-bond donors (Lipinski definition) is 2. The van der Waals surface area contributed by atoms with E-state index in [0.29, 0.717) is 11.3 Å². The van der Waals surface area contributed by atoms with Crippen molar-refractivity contribution in [2.45, 2.75) is 52.2 Å². The van der Waals surface area contributed by atoms with Gasteiger partial charge >= 0.3 is 5.97 Å². The topological polar surface area (TPSA) is 84.4 Å². The zero-order valence-electron chi connectivity index (χ0n) is 17.2. The van der Waals surface area contributed by atoms with Crippen molar-refractivity contribution in [3.8, 4) is 16.9 Å². The lowest BCUT2D eigenvalue weighted by Crippen LogP contribution is -2.28. The summed E-state index contributed by atoms with van der Waals surface area (Å²) in [4.78, 5) is 20.0. The largest absolute Gasteiger partial charge is 0.493 e. The number of aliphatic carboxylic acids is 1. The van der Waals surface area contributed by atoms with Gasteiger partial charge < -0.3 is 19.6 Å². The quantitative estimate of drug-likeness (QED) is 0.664. The van der Waals surface area contributed by atoms with Crippen LogP contribution in [-0.4, -0.2) is 33.3 Å². The Morgan fingerprint density at radius 1 is 1.31 bits per heavy atom. The molecule has 3 aromatic rings. The number of pyridine rings is 1. The van der Waals surface area contributed by atoms with Gasteiger partial charge in [0.2, 0.25) is 0 Å². The summed E-state index contributed by atoms with van der Waals surface area (Å²) in [7, 11) is 0. The second-order valence-electron chi connectivity index (χ2n) is 8.45. The first kappa shape index (κ1) is 19.5. The molecule has 3 heterocycles. The minimum atomic E-state index is -1.12. The van der Waals surface area contributed by atoms with Crippen LogP contribution in [0.2, 0.25) is 0 Å². The normalized spacial score (nSPS) is 15.0. The van der Waals surface area contributed by atoms with Gasteiger partial charge in [0.1, 0.15) is 11.4 Å². The Hall–Kier alpha value is -2.86. The molecule has 0 unspecified atom stereocenters. The maximum atomic E-state index is 12.2. The summed E-state index contributed by atoms with van der Waals surface area (Å²) in [6.07, 6.45) is 2.62. The van der Waals surface area contributed by atoms with Crippen LogP contribution in [-0.2, 0) is 16.0 Å². The number of carboxylic acid groups (broad SMARTS) is 1. The highest BCUT2D eigenvalue weighted by Crippen LogP contribution is 2.40. The Balaban J connectivity index is 1.98. The van der Waals surface area contributed by atoms with E-state index in [0.717, 1.165) is 52.9 Å². The van der Waals surface area contributed by atoms with E-state index in [4.69, 9.17) is 9.47 Å². The Labute approximate surface area is 169 Å². The van der Waals surface area contributed by atoms with Crippen LogP contribution in [0.25, 0.3) is 22.2 Å². The van der Waals surface area contributed by atoms with E-state index < -0.39 is 17.7 Å². The number of ether oxygens (including phenoxy) is 2. The molecule has 0 amide bonds. The standard InChI is InChI=1S/C23H26N2O4/c1-13-18(20(22(26)27)29-23(2,3)4)19(16-9-10-24-21(16)25-13)15-7-8-17-14(12-15)6-5-11-28-17/h7-10,12,20H,5-6,11H2,1-4H3,(H,24,25)(H,26,27)/t20-/m0/s1. The van der Waals surface area contributed by atoms with Crippen LogP contribution in [0.15, 0.2) is 30.5 Å². The molecule has 1 atom stereocenters. The molecule has 0 spiro atoms. The number of carbonyl (C=O) groups is 1. The lowest BCUT2D eigenvalue weighted by atomic mass is 9.90. The molecule has 0 saturated carbocycles. The van der Waals surface area contributed by atoms with Crippen LogP contribution in [0.4, 0.5) is 0 Å². The lowest BCUT2D eigenvalue weighted by Gasteiger charge is -2.28. The molecule has 29 heavy (non-hydrogen) atoms. The molecule has 152 valence electrons. The van der Waals surface area contributed by atoms with E-state index in [9.17, 15) is 9.90 Å². The van der Waals surface area contributed by atoms with Crippen LogP contribution in [0.3, 0.4) is 0 Å². The molecular weight excluding hydrogens is 368 g/mol. The van der Waals surface area contributed by atoms with Gasteiger partial charge in [-0.1, -0.05) is 6.07 Å². The maximum absolute atomic E-state index is 12.2. The van der Waals surface area contributed by atoms with Gasteiger partial charge in [-0.2, -0.15) is 0 Å². The van der Waals surface area contributed by atoms with Crippen molar-refractivity contribution in [1.82, 2.24) is 9.97 Å². The third-order valence-corrected chi connectivity index (χ3v) is 5.09. The summed E-state index contributed by atoms with van der Waals surface area (Å²) in [6.45, 7) is 8.14. The van der Waals surface area contributed by atoms with Crippen LogP contribution < -0.4 is 4.74 Å². The molecule has 0 saturated heterocycles.